The van der Waals surface area contributed by atoms with E-state index in [0.29, 0.717) is 24.4 Å². The second-order valence-electron chi connectivity index (χ2n) is 6.67. The summed E-state index contributed by atoms with van der Waals surface area (Å²) in [4.78, 5) is 4.69. The zero-order valence-electron chi connectivity index (χ0n) is 15.8. The first-order valence-corrected chi connectivity index (χ1v) is 9.80. The van der Waals surface area contributed by atoms with Crippen molar-refractivity contribution in [1.82, 2.24) is 4.48 Å². The fraction of sp³-hybridized carbons (Fsp3) is 0.190. The van der Waals surface area contributed by atoms with Crippen LogP contribution in [0.2, 0.25) is 0 Å². The molecule has 3 rings (SSSR count). The number of hydrogen-bond acceptors (Lipinski definition) is 2. The fourth-order valence-electron chi connectivity index (χ4n) is 3.21. The Kier molecular flexibility index (Phi) is 6.47. The molecule has 3 nitrogen and oxygen atoms in total. The first-order valence-electron chi connectivity index (χ1n) is 9.01. The Morgan fingerprint density at radius 3 is 2.71 bits per heavy atom. The molecule has 1 aliphatic rings. The molecule has 28 heavy (non-hydrogen) atoms. The van der Waals surface area contributed by atoms with Gasteiger partial charge in [-0.15, -0.1) is 0 Å². The molecule has 0 unspecified atom stereocenters. The van der Waals surface area contributed by atoms with Crippen molar-refractivity contribution < 1.29 is 8.63 Å². The molecule has 1 aromatic carbocycles. The minimum atomic E-state index is -2.61. The van der Waals surface area contributed by atoms with Gasteiger partial charge >= 0.3 is 7.40 Å². The highest BCUT2D eigenvalue weighted by molar-refractivity contribution is 9.10. The number of aromatic nitrogens is 1. The predicted molar refractivity (Wildman–Crippen MR) is 117 cm³/mol. The molecule has 1 aromatic heterocycles. The van der Waals surface area contributed by atoms with E-state index in [1.807, 2.05) is 44.2 Å². The van der Waals surface area contributed by atoms with E-state index in [2.05, 4.69) is 22.0 Å². The van der Waals surface area contributed by atoms with Crippen LogP contribution in [0, 0.1) is 6.92 Å². The molecule has 0 amide bonds. The van der Waals surface area contributed by atoms with Crippen LogP contribution in [0.1, 0.15) is 30.2 Å². The van der Waals surface area contributed by atoms with Gasteiger partial charge in [0.1, 0.15) is 0 Å². The van der Waals surface area contributed by atoms with Gasteiger partial charge in [0.05, 0.1) is 11.4 Å². The topological polar surface area (TPSA) is 43.3 Å². The Morgan fingerprint density at radius 2 is 2.04 bits per heavy atom. The van der Waals surface area contributed by atoms with Crippen molar-refractivity contribution in [3.63, 3.8) is 0 Å². The number of nitrogens with two attached hydrogens (primary N) is 1. The third-order valence-corrected chi connectivity index (χ3v) is 5.23. The summed E-state index contributed by atoms with van der Waals surface area (Å²) in [7, 11) is -2.61. The Hall–Kier alpha value is -2.25. The predicted octanol–water partition coefficient (Wildman–Crippen LogP) is 5.51. The lowest BCUT2D eigenvalue weighted by Gasteiger charge is -2.12. The second-order valence-corrected chi connectivity index (χ2v) is 7.52. The number of rotatable bonds is 6. The zero-order valence-corrected chi connectivity index (χ0v) is 17.4. The lowest BCUT2D eigenvalue weighted by atomic mass is 10.0. The molecular weight excluding hydrogens is 423 g/mol. The molecule has 7 heteroatoms. The van der Waals surface area contributed by atoms with Crippen molar-refractivity contribution in [3.8, 4) is 0 Å². The lowest BCUT2D eigenvalue weighted by molar-refractivity contribution is 0.628. The van der Waals surface area contributed by atoms with Gasteiger partial charge in [0.25, 0.3) is 0 Å². The third kappa shape index (κ3) is 4.42. The Morgan fingerprint density at radius 1 is 1.25 bits per heavy atom. The van der Waals surface area contributed by atoms with E-state index in [4.69, 9.17) is 10.7 Å². The van der Waals surface area contributed by atoms with E-state index in [0.717, 1.165) is 31.4 Å². The van der Waals surface area contributed by atoms with Gasteiger partial charge in [0.2, 0.25) is 0 Å². The second kappa shape index (κ2) is 8.84. The fourth-order valence-corrected chi connectivity index (χ4v) is 3.83. The monoisotopic (exact) mass is 443 g/mol. The molecule has 0 saturated heterocycles. The van der Waals surface area contributed by atoms with Crippen molar-refractivity contribution in [2.75, 3.05) is 6.54 Å². The molecule has 0 atom stereocenters. The van der Waals surface area contributed by atoms with Crippen LogP contribution >= 0.6 is 15.9 Å². The molecule has 2 heterocycles. The van der Waals surface area contributed by atoms with Crippen LogP contribution in [0.25, 0.3) is 11.6 Å². The highest BCUT2D eigenvalue weighted by Gasteiger charge is 2.24. The van der Waals surface area contributed by atoms with E-state index in [1.54, 1.807) is 12.1 Å². The average molecular weight is 444 g/mol. The SMILES string of the molecule is CC1=CC(/C=C/c2ccc(C)cc2Br)=NC/1=C(/CCN)c1cccn1B(F)F. The smallest absolute Gasteiger partial charge is 0.332 e. The van der Waals surface area contributed by atoms with Crippen molar-refractivity contribution in [3.05, 3.63) is 81.2 Å². The van der Waals surface area contributed by atoms with Gasteiger partial charge in [0, 0.05) is 15.7 Å². The first kappa shape index (κ1) is 20.5. The minimum Gasteiger partial charge on any atom is -0.332 e. The highest BCUT2D eigenvalue weighted by atomic mass is 79.9. The number of hydrogen-bond donors (Lipinski definition) is 1. The van der Waals surface area contributed by atoms with Gasteiger partial charge in [-0.2, -0.15) is 0 Å². The maximum Gasteiger partial charge on any atom is 0.677 e. The van der Waals surface area contributed by atoms with Crippen LogP contribution in [-0.2, 0) is 0 Å². The molecule has 144 valence electrons. The van der Waals surface area contributed by atoms with Gasteiger partial charge in [-0.05, 0) is 80.1 Å². The van der Waals surface area contributed by atoms with Crippen LogP contribution < -0.4 is 5.73 Å². The quantitative estimate of drug-likeness (QED) is 0.588. The van der Waals surface area contributed by atoms with Gasteiger partial charge in [0.15, 0.2) is 0 Å². The van der Waals surface area contributed by atoms with E-state index < -0.39 is 7.40 Å². The maximum atomic E-state index is 13.3. The molecule has 0 bridgehead atoms. The molecular formula is C21H21BBrF2N3. The number of halogens is 3. The largest absolute Gasteiger partial charge is 0.677 e. The normalized spacial score (nSPS) is 15.8. The summed E-state index contributed by atoms with van der Waals surface area (Å²) in [6.07, 6.45) is 7.73. The first-order chi connectivity index (χ1) is 13.4. The van der Waals surface area contributed by atoms with Gasteiger partial charge in [-0.1, -0.05) is 34.1 Å². The Bertz CT molecular complexity index is 1000. The van der Waals surface area contributed by atoms with Crippen LogP contribution in [0.5, 0.6) is 0 Å². The van der Waals surface area contributed by atoms with Crippen LogP contribution in [-0.4, -0.2) is 24.1 Å². The zero-order chi connectivity index (χ0) is 20.3. The minimum absolute atomic E-state index is 0.359. The number of benzene rings is 1. The standard InChI is InChI=1S/C21H21BBrF2N3/c1-14-5-6-16(19(23)12-14)7-8-17-13-15(2)21(27-17)18(9-10-26)20-4-3-11-28(20)22(24)25/h3-8,11-13H,9-10,26H2,1-2H3/b8-7+,21-18-. The van der Waals surface area contributed by atoms with E-state index in [9.17, 15) is 8.63 Å². The maximum absolute atomic E-state index is 13.3. The van der Waals surface area contributed by atoms with Crippen molar-refractivity contribution >= 4 is 40.7 Å². The molecule has 0 fully saturated rings. The Balaban J connectivity index is 1.98. The molecule has 0 aliphatic carbocycles. The molecule has 0 radical (unpaired) electrons. The van der Waals surface area contributed by atoms with E-state index >= 15 is 0 Å². The highest BCUT2D eigenvalue weighted by Crippen LogP contribution is 2.32. The van der Waals surface area contributed by atoms with Crippen molar-refractivity contribution in [2.24, 2.45) is 10.7 Å². The van der Waals surface area contributed by atoms with Gasteiger partial charge in [-0.3, -0.25) is 8.63 Å². The summed E-state index contributed by atoms with van der Waals surface area (Å²) in [6, 6.07) is 9.44. The van der Waals surface area contributed by atoms with Crippen LogP contribution in [0.3, 0.4) is 0 Å². The lowest BCUT2D eigenvalue weighted by Crippen LogP contribution is -2.16. The summed E-state index contributed by atoms with van der Waals surface area (Å²) in [6.45, 7) is 4.34. The van der Waals surface area contributed by atoms with Crippen LogP contribution in [0.4, 0.5) is 8.63 Å². The van der Waals surface area contributed by atoms with E-state index in [-0.39, 0.29) is 0 Å². The third-order valence-electron chi connectivity index (χ3n) is 4.55. The number of nitrogens with zero attached hydrogens (tertiary/aromatic N) is 2. The number of allylic oxidation sites excluding steroid dienone is 3. The summed E-state index contributed by atoms with van der Waals surface area (Å²) < 4.78 is 28.6. The molecule has 2 aromatic rings. The van der Waals surface area contributed by atoms with Gasteiger partial charge in [-0.25, -0.2) is 4.99 Å². The van der Waals surface area contributed by atoms with Crippen LogP contribution in [0.15, 0.2) is 69.4 Å². The molecule has 0 saturated carbocycles. The summed E-state index contributed by atoms with van der Waals surface area (Å²) in [5.41, 5.74) is 11.6. The van der Waals surface area contributed by atoms with Gasteiger partial charge < -0.3 is 10.2 Å². The summed E-state index contributed by atoms with van der Waals surface area (Å²) in [5, 5.41) is 0. The molecule has 2 N–H and O–H groups in total. The number of aryl methyl sites for hydroxylation is 1. The number of aliphatic imine (C=N–C) groups is 1. The average Bonchev–Trinajstić information content (AvgIpc) is 3.26. The van der Waals surface area contributed by atoms with Crippen molar-refractivity contribution in [2.45, 2.75) is 20.3 Å². The Labute approximate surface area is 172 Å². The molecule has 1 aliphatic heterocycles. The van der Waals surface area contributed by atoms with E-state index in [1.165, 1.54) is 11.8 Å². The molecule has 0 spiro atoms. The van der Waals surface area contributed by atoms with Crippen molar-refractivity contribution in [1.29, 1.82) is 0 Å². The summed E-state index contributed by atoms with van der Waals surface area (Å²) in [5.74, 6) is 0. The summed E-state index contributed by atoms with van der Waals surface area (Å²) >= 11 is 3.57.